The zero-order valence-corrected chi connectivity index (χ0v) is 18.7. The van der Waals surface area contributed by atoms with Crippen molar-refractivity contribution >= 4 is 56.0 Å². The van der Waals surface area contributed by atoms with Crippen molar-refractivity contribution in [2.75, 3.05) is 0 Å². The number of fused-ring (bicyclic) bond motifs is 3. The highest BCUT2D eigenvalue weighted by molar-refractivity contribution is 9.10. The van der Waals surface area contributed by atoms with Gasteiger partial charge in [-0.25, -0.2) is 4.39 Å². The van der Waals surface area contributed by atoms with Crippen molar-refractivity contribution in [1.29, 1.82) is 0 Å². The minimum absolute atomic E-state index is 0.0962. The first kappa shape index (κ1) is 19.4. The van der Waals surface area contributed by atoms with Gasteiger partial charge in [0.05, 0.1) is 22.3 Å². The lowest BCUT2D eigenvalue weighted by molar-refractivity contribution is 0.626. The van der Waals surface area contributed by atoms with Gasteiger partial charge in [-0.1, -0.05) is 52.3 Å². The summed E-state index contributed by atoms with van der Waals surface area (Å²) in [4.78, 5) is 14.4. The summed E-state index contributed by atoms with van der Waals surface area (Å²) < 4.78 is 18.8. The van der Waals surface area contributed by atoms with Crippen LogP contribution in [0.15, 0.2) is 82.1 Å². The number of nitrogens with zero attached hydrogens (tertiary/aromatic N) is 2. The van der Waals surface area contributed by atoms with Gasteiger partial charge in [-0.2, -0.15) is 0 Å². The monoisotopic (exact) mass is 496 g/mol. The van der Waals surface area contributed by atoms with Crippen LogP contribution in [0.5, 0.6) is 0 Å². The second-order valence-electron chi connectivity index (χ2n) is 6.90. The number of benzene rings is 3. The van der Waals surface area contributed by atoms with Gasteiger partial charge in [0.15, 0.2) is 3.95 Å². The third-order valence-corrected chi connectivity index (χ3v) is 6.96. The van der Waals surface area contributed by atoms with Crippen LogP contribution in [0.25, 0.3) is 27.0 Å². The maximum atomic E-state index is 13.5. The van der Waals surface area contributed by atoms with Crippen LogP contribution in [0.3, 0.4) is 0 Å². The Bertz CT molecular complexity index is 1520. The first-order valence-electron chi connectivity index (χ1n) is 9.20. The Morgan fingerprint density at radius 3 is 2.40 bits per heavy atom. The minimum Gasteiger partial charge on any atom is -0.288 e. The zero-order valence-electron chi connectivity index (χ0n) is 15.5. The van der Waals surface area contributed by atoms with Crippen molar-refractivity contribution in [1.82, 2.24) is 8.97 Å². The Morgan fingerprint density at radius 1 is 0.967 bits per heavy atom. The van der Waals surface area contributed by atoms with E-state index in [9.17, 15) is 9.18 Å². The quantitative estimate of drug-likeness (QED) is 0.261. The van der Waals surface area contributed by atoms with E-state index in [1.807, 2.05) is 52.9 Å². The van der Waals surface area contributed by atoms with E-state index in [4.69, 9.17) is 12.2 Å². The zero-order chi connectivity index (χ0) is 20.8. The molecule has 0 saturated carbocycles. The van der Waals surface area contributed by atoms with Crippen LogP contribution in [-0.2, 0) is 6.54 Å². The fraction of sp³-hybridized carbons (Fsp3) is 0.0435. The average Bonchev–Trinajstić information content (AvgIpc) is 3.10. The molecule has 148 valence electrons. The summed E-state index contributed by atoms with van der Waals surface area (Å²) in [6, 6.07) is 21.7. The van der Waals surface area contributed by atoms with Crippen molar-refractivity contribution in [3.05, 3.63) is 103 Å². The molecular weight excluding hydrogens is 483 g/mol. The van der Waals surface area contributed by atoms with Gasteiger partial charge in [0.25, 0.3) is 5.56 Å². The normalized spacial score (nSPS) is 11.4. The third-order valence-electron chi connectivity index (χ3n) is 5.02. The van der Waals surface area contributed by atoms with Crippen molar-refractivity contribution in [2.45, 2.75) is 6.54 Å². The molecule has 7 heteroatoms. The smallest absolute Gasteiger partial charge is 0.261 e. The molecule has 0 radical (unpaired) electrons. The van der Waals surface area contributed by atoms with E-state index in [0.29, 0.717) is 15.9 Å². The summed E-state index contributed by atoms with van der Waals surface area (Å²) in [5.41, 5.74) is 3.27. The second kappa shape index (κ2) is 7.58. The first-order valence-corrected chi connectivity index (χ1v) is 11.2. The van der Waals surface area contributed by atoms with Gasteiger partial charge >= 0.3 is 0 Å². The molecule has 0 N–H and O–H groups in total. The predicted octanol–water partition coefficient (Wildman–Crippen LogP) is 6.66. The Kier molecular flexibility index (Phi) is 4.89. The SMILES string of the molecule is O=c1c2ccccc2n2c(=S)sc(-c3ccc(Br)cc3)c2n1Cc1ccc(F)cc1. The molecule has 0 aliphatic heterocycles. The van der Waals surface area contributed by atoms with Crippen LogP contribution in [0, 0.1) is 9.77 Å². The van der Waals surface area contributed by atoms with Crippen molar-refractivity contribution in [3.8, 4) is 10.4 Å². The van der Waals surface area contributed by atoms with E-state index in [1.54, 1.807) is 16.7 Å². The largest absolute Gasteiger partial charge is 0.288 e. The maximum Gasteiger partial charge on any atom is 0.261 e. The Balaban J connectivity index is 1.89. The number of halogens is 2. The Labute approximate surface area is 188 Å². The molecule has 0 saturated heterocycles. The molecule has 0 spiro atoms. The van der Waals surface area contributed by atoms with Gasteiger partial charge in [0.1, 0.15) is 11.5 Å². The molecule has 3 aromatic carbocycles. The highest BCUT2D eigenvalue weighted by atomic mass is 79.9. The molecule has 0 bridgehead atoms. The van der Waals surface area contributed by atoms with Gasteiger partial charge < -0.3 is 0 Å². The van der Waals surface area contributed by atoms with Crippen molar-refractivity contribution < 1.29 is 4.39 Å². The van der Waals surface area contributed by atoms with E-state index in [1.165, 1.54) is 23.5 Å². The molecule has 0 aliphatic rings. The van der Waals surface area contributed by atoms with Crippen molar-refractivity contribution in [2.24, 2.45) is 0 Å². The molecule has 2 aromatic heterocycles. The third kappa shape index (κ3) is 3.23. The van der Waals surface area contributed by atoms with Gasteiger partial charge in [0.2, 0.25) is 0 Å². The fourth-order valence-electron chi connectivity index (χ4n) is 3.62. The number of rotatable bonds is 3. The summed E-state index contributed by atoms with van der Waals surface area (Å²) >= 11 is 10.7. The van der Waals surface area contributed by atoms with Gasteiger partial charge in [-0.3, -0.25) is 13.8 Å². The maximum absolute atomic E-state index is 13.5. The number of hydrogen-bond donors (Lipinski definition) is 0. The highest BCUT2D eigenvalue weighted by Gasteiger charge is 2.18. The standard InChI is InChI=1S/C23H14BrFN2OS2/c24-16-9-7-15(8-10-16)20-21-26(13-14-5-11-17(25)12-6-14)22(28)18-3-1-2-4-19(18)27(21)23(29)30-20/h1-12H,13H2. The van der Waals surface area contributed by atoms with Crippen LogP contribution in [0.2, 0.25) is 0 Å². The van der Waals surface area contributed by atoms with E-state index in [0.717, 1.165) is 31.6 Å². The molecule has 5 aromatic rings. The molecular formula is C23H14BrFN2OS2. The molecule has 3 nitrogen and oxygen atoms in total. The number of thiazole rings is 1. The molecule has 0 amide bonds. The van der Waals surface area contributed by atoms with Crippen LogP contribution in [-0.4, -0.2) is 8.97 Å². The van der Waals surface area contributed by atoms with E-state index in [-0.39, 0.29) is 11.4 Å². The molecule has 0 unspecified atom stereocenters. The van der Waals surface area contributed by atoms with Gasteiger partial charge in [0, 0.05) is 4.47 Å². The lowest BCUT2D eigenvalue weighted by atomic mass is 10.1. The molecule has 30 heavy (non-hydrogen) atoms. The number of para-hydroxylation sites is 1. The number of aromatic nitrogens is 2. The summed E-state index contributed by atoms with van der Waals surface area (Å²) in [5, 5.41) is 0.600. The summed E-state index contributed by atoms with van der Waals surface area (Å²) in [6.07, 6.45) is 0. The predicted molar refractivity (Wildman–Crippen MR) is 127 cm³/mol. The van der Waals surface area contributed by atoms with Crippen LogP contribution >= 0.6 is 39.5 Å². The van der Waals surface area contributed by atoms with E-state index < -0.39 is 0 Å². The van der Waals surface area contributed by atoms with Crippen LogP contribution < -0.4 is 5.56 Å². The Morgan fingerprint density at radius 2 is 1.67 bits per heavy atom. The van der Waals surface area contributed by atoms with Gasteiger partial charge in [-0.15, -0.1) is 11.3 Å². The second-order valence-corrected chi connectivity index (χ2v) is 9.46. The van der Waals surface area contributed by atoms with Crippen LogP contribution in [0.1, 0.15) is 5.56 Å². The summed E-state index contributed by atoms with van der Waals surface area (Å²) in [6.45, 7) is 0.322. The Hall–Kier alpha value is -2.61. The molecule has 0 atom stereocenters. The topological polar surface area (TPSA) is 26.4 Å². The lowest BCUT2D eigenvalue weighted by Crippen LogP contribution is -2.23. The van der Waals surface area contributed by atoms with E-state index in [2.05, 4.69) is 15.9 Å². The highest BCUT2D eigenvalue weighted by Crippen LogP contribution is 2.34. The fourth-order valence-corrected chi connectivity index (χ4v) is 5.32. The summed E-state index contributed by atoms with van der Waals surface area (Å²) in [7, 11) is 0. The molecule has 5 rings (SSSR count). The van der Waals surface area contributed by atoms with Gasteiger partial charge in [-0.05, 0) is 59.7 Å². The van der Waals surface area contributed by atoms with Crippen molar-refractivity contribution in [3.63, 3.8) is 0 Å². The minimum atomic E-state index is -0.303. The molecule has 2 heterocycles. The lowest BCUT2D eigenvalue weighted by Gasteiger charge is -2.13. The van der Waals surface area contributed by atoms with Crippen LogP contribution in [0.4, 0.5) is 4.39 Å². The first-order chi connectivity index (χ1) is 14.5. The van der Waals surface area contributed by atoms with E-state index >= 15 is 0 Å². The summed E-state index contributed by atoms with van der Waals surface area (Å²) in [5.74, 6) is -0.303. The molecule has 0 fully saturated rings. The molecule has 0 aliphatic carbocycles. The number of hydrogen-bond acceptors (Lipinski definition) is 3. The average molecular weight is 497 g/mol.